The average molecular weight is 297 g/mol. The van der Waals surface area contributed by atoms with Gasteiger partial charge >= 0.3 is 12.4 Å². The minimum Gasteiger partial charge on any atom is -0.448 e. The van der Waals surface area contributed by atoms with Crippen LogP contribution in [0.15, 0.2) is 35.3 Å². The largest absolute Gasteiger partial charge is 0.448 e. The summed E-state index contributed by atoms with van der Waals surface area (Å²) < 4.78 is 84.8. The molecule has 0 fully saturated rings. The van der Waals surface area contributed by atoms with Crippen LogP contribution in [-0.4, -0.2) is 4.98 Å². The summed E-state index contributed by atoms with van der Waals surface area (Å²) in [6, 6.07) is 1.06. The number of halogens is 6. The fourth-order valence-electron chi connectivity index (χ4n) is 1.38. The number of alkyl halides is 6. The van der Waals surface area contributed by atoms with E-state index in [0.717, 1.165) is 12.7 Å². The van der Waals surface area contributed by atoms with Gasteiger partial charge in [-0.3, -0.25) is 0 Å². The summed E-state index contributed by atoms with van der Waals surface area (Å²) in [5, 5.41) is 0. The topological polar surface area (TPSA) is 35.3 Å². The lowest BCUT2D eigenvalue weighted by molar-refractivity contribution is -0.143. The van der Waals surface area contributed by atoms with Gasteiger partial charge in [-0.05, 0) is 18.2 Å². The van der Waals surface area contributed by atoms with Gasteiger partial charge in [0.1, 0.15) is 5.75 Å². The Labute approximate surface area is 107 Å². The predicted octanol–water partition coefficient (Wildman–Crippen LogP) is 4.50. The zero-order valence-corrected chi connectivity index (χ0v) is 9.42. The van der Waals surface area contributed by atoms with Gasteiger partial charge in [0.2, 0.25) is 0 Å². The molecule has 0 saturated carbocycles. The minimum absolute atomic E-state index is 0.0184. The lowest BCUT2D eigenvalue weighted by Gasteiger charge is -2.15. The number of oxazole rings is 1. The second kappa shape index (κ2) is 4.73. The van der Waals surface area contributed by atoms with E-state index in [0.29, 0.717) is 12.1 Å². The summed E-state index contributed by atoms with van der Waals surface area (Å²) in [7, 11) is 0. The molecule has 1 heterocycles. The second-order valence-electron chi connectivity index (χ2n) is 3.64. The van der Waals surface area contributed by atoms with Crippen LogP contribution in [0.5, 0.6) is 11.6 Å². The molecule has 108 valence electrons. The Kier molecular flexibility index (Phi) is 3.36. The summed E-state index contributed by atoms with van der Waals surface area (Å²) >= 11 is 0. The van der Waals surface area contributed by atoms with Gasteiger partial charge in [-0.15, -0.1) is 0 Å². The molecular weight excluding hydrogens is 292 g/mol. The standard InChI is InChI=1S/C11H5F6NO2/c12-10(13,14)6-1-2-8(7(3-6)11(15,16)17)20-9-4-19-5-18-9/h1-5H. The maximum absolute atomic E-state index is 12.8. The highest BCUT2D eigenvalue weighted by Crippen LogP contribution is 2.41. The summed E-state index contributed by atoms with van der Waals surface area (Å²) in [5.41, 5.74) is -2.97. The predicted molar refractivity (Wildman–Crippen MR) is 53.0 cm³/mol. The van der Waals surface area contributed by atoms with Crippen LogP contribution in [0.2, 0.25) is 0 Å². The Balaban J connectivity index is 2.46. The van der Waals surface area contributed by atoms with Crippen LogP contribution in [0.1, 0.15) is 11.1 Å². The van der Waals surface area contributed by atoms with E-state index < -0.39 is 29.2 Å². The Morgan fingerprint density at radius 1 is 1.00 bits per heavy atom. The van der Waals surface area contributed by atoms with Gasteiger partial charge in [0.25, 0.3) is 5.88 Å². The Bertz CT molecular complexity index is 588. The van der Waals surface area contributed by atoms with Crippen molar-refractivity contribution in [2.45, 2.75) is 12.4 Å². The molecule has 0 aliphatic rings. The van der Waals surface area contributed by atoms with Crippen molar-refractivity contribution < 1.29 is 35.5 Å². The molecule has 0 atom stereocenters. The third-order valence-electron chi connectivity index (χ3n) is 2.24. The number of hydrogen-bond acceptors (Lipinski definition) is 3. The Morgan fingerprint density at radius 3 is 2.20 bits per heavy atom. The van der Waals surface area contributed by atoms with Crippen LogP contribution in [0.25, 0.3) is 0 Å². The van der Waals surface area contributed by atoms with Crippen molar-refractivity contribution in [3.05, 3.63) is 42.0 Å². The van der Waals surface area contributed by atoms with E-state index in [1.807, 2.05) is 0 Å². The molecule has 0 amide bonds. The fraction of sp³-hybridized carbons (Fsp3) is 0.182. The van der Waals surface area contributed by atoms with Crippen molar-refractivity contribution in [2.75, 3.05) is 0 Å². The molecule has 9 heteroatoms. The molecule has 1 aromatic carbocycles. The molecule has 0 unspecified atom stereocenters. The summed E-state index contributed by atoms with van der Waals surface area (Å²) in [4.78, 5) is 3.43. The van der Waals surface area contributed by atoms with Crippen molar-refractivity contribution >= 4 is 0 Å². The maximum atomic E-state index is 12.8. The molecule has 0 N–H and O–H groups in total. The van der Waals surface area contributed by atoms with E-state index in [4.69, 9.17) is 4.74 Å². The van der Waals surface area contributed by atoms with Gasteiger partial charge in [0.05, 0.1) is 11.1 Å². The van der Waals surface area contributed by atoms with Gasteiger partial charge < -0.3 is 9.15 Å². The van der Waals surface area contributed by atoms with Crippen molar-refractivity contribution in [1.82, 2.24) is 4.98 Å². The molecule has 3 nitrogen and oxygen atoms in total. The van der Waals surface area contributed by atoms with E-state index in [-0.39, 0.29) is 11.9 Å². The highest BCUT2D eigenvalue weighted by molar-refractivity contribution is 5.41. The van der Waals surface area contributed by atoms with Gasteiger partial charge in [-0.2, -0.15) is 31.3 Å². The van der Waals surface area contributed by atoms with Gasteiger partial charge in [0, 0.05) is 0 Å². The zero-order valence-electron chi connectivity index (χ0n) is 9.42. The molecule has 2 rings (SSSR count). The highest BCUT2D eigenvalue weighted by atomic mass is 19.4. The number of benzene rings is 1. The highest BCUT2D eigenvalue weighted by Gasteiger charge is 2.39. The molecule has 0 saturated heterocycles. The quantitative estimate of drug-likeness (QED) is 0.765. The van der Waals surface area contributed by atoms with Gasteiger partial charge in [0.15, 0.2) is 12.7 Å². The monoisotopic (exact) mass is 297 g/mol. The van der Waals surface area contributed by atoms with Crippen LogP contribution in [0, 0.1) is 0 Å². The van der Waals surface area contributed by atoms with E-state index in [1.165, 1.54) is 0 Å². The van der Waals surface area contributed by atoms with E-state index in [1.54, 1.807) is 0 Å². The molecule has 2 aromatic rings. The van der Waals surface area contributed by atoms with Crippen LogP contribution < -0.4 is 4.74 Å². The third-order valence-corrected chi connectivity index (χ3v) is 2.24. The molecule has 0 aliphatic carbocycles. The van der Waals surface area contributed by atoms with E-state index in [2.05, 4.69) is 9.40 Å². The molecule has 0 radical (unpaired) electrons. The van der Waals surface area contributed by atoms with Crippen LogP contribution in [0.4, 0.5) is 26.3 Å². The molecule has 0 bridgehead atoms. The first-order chi connectivity index (χ1) is 9.18. The number of nitrogens with zero attached hydrogens (tertiary/aromatic N) is 1. The molecule has 1 aromatic heterocycles. The number of rotatable bonds is 2. The minimum atomic E-state index is -5.00. The smallest absolute Gasteiger partial charge is 0.420 e. The number of hydrogen-bond donors (Lipinski definition) is 0. The SMILES string of the molecule is FC(F)(F)c1ccc(Oc2cocn2)c(C(F)(F)F)c1. The molecular formula is C11H5F6NO2. The average Bonchev–Trinajstić information content (AvgIpc) is 2.79. The summed E-state index contributed by atoms with van der Waals surface area (Å²) in [6.07, 6.45) is -8.06. The van der Waals surface area contributed by atoms with Crippen LogP contribution in [-0.2, 0) is 12.4 Å². The Morgan fingerprint density at radius 2 is 1.70 bits per heavy atom. The summed E-state index contributed by atoms with van der Waals surface area (Å²) in [5.74, 6) is -1.09. The first-order valence-corrected chi connectivity index (χ1v) is 5.02. The van der Waals surface area contributed by atoms with E-state index in [9.17, 15) is 26.3 Å². The van der Waals surface area contributed by atoms with Crippen molar-refractivity contribution in [1.29, 1.82) is 0 Å². The lowest BCUT2D eigenvalue weighted by atomic mass is 10.1. The summed E-state index contributed by atoms with van der Waals surface area (Å²) in [6.45, 7) is 0. The van der Waals surface area contributed by atoms with Crippen molar-refractivity contribution in [3.63, 3.8) is 0 Å². The Hall–Kier alpha value is -2.19. The van der Waals surface area contributed by atoms with Crippen LogP contribution in [0.3, 0.4) is 0 Å². The van der Waals surface area contributed by atoms with Gasteiger partial charge in [-0.1, -0.05) is 0 Å². The van der Waals surface area contributed by atoms with E-state index >= 15 is 0 Å². The number of ether oxygens (including phenoxy) is 1. The second-order valence-corrected chi connectivity index (χ2v) is 3.64. The zero-order chi connectivity index (χ0) is 15.0. The first-order valence-electron chi connectivity index (χ1n) is 5.02. The molecule has 20 heavy (non-hydrogen) atoms. The lowest BCUT2D eigenvalue weighted by Crippen LogP contribution is -2.11. The number of aromatic nitrogens is 1. The van der Waals surface area contributed by atoms with Crippen LogP contribution >= 0.6 is 0 Å². The normalized spacial score (nSPS) is 12.5. The van der Waals surface area contributed by atoms with Crippen molar-refractivity contribution in [3.8, 4) is 11.6 Å². The molecule has 0 spiro atoms. The maximum Gasteiger partial charge on any atom is 0.420 e. The first kappa shape index (κ1) is 14.2. The van der Waals surface area contributed by atoms with Crippen molar-refractivity contribution in [2.24, 2.45) is 0 Å². The third kappa shape index (κ3) is 3.03. The molecule has 0 aliphatic heterocycles. The van der Waals surface area contributed by atoms with Gasteiger partial charge in [-0.25, -0.2) is 0 Å². The fourth-order valence-corrected chi connectivity index (χ4v) is 1.38.